The molecule has 16 heteroatoms. The Labute approximate surface area is 212 Å². The molecule has 1 unspecified atom stereocenters. The van der Waals surface area contributed by atoms with Crippen molar-refractivity contribution >= 4 is 17.8 Å². The third kappa shape index (κ3) is 11.2. The number of pyridine rings is 1. The van der Waals surface area contributed by atoms with E-state index in [0.29, 0.717) is 13.2 Å². The van der Waals surface area contributed by atoms with Crippen molar-refractivity contribution in [2.24, 2.45) is 5.92 Å². The number of aliphatic carboxylic acids is 2. The number of alkyl halides is 6. The van der Waals surface area contributed by atoms with Crippen LogP contribution in [0.1, 0.15) is 30.3 Å². The van der Waals surface area contributed by atoms with Crippen LogP contribution in [0.2, 0.25) is 0 Å². The van der Waals surface area contributed by atoms with E-state index in [-0.39, 0.29) is 6.04 Å². The van der Waals surface area contributed by atoms with Crippen LogP contribution in [0.4, 0.5) is 32.2 Å². The lowest BCUT2D eigenvalue weighted by Gasteiger charge is -2.34. The second kappa shape index (κ2) is 13.9. The lowest BCUT2D eigenvalue weighted by molar-refractivity contribution is -0.193. The van der Waals surface area contributed by atoms with Crippen LogP contribution in [0.3, 0.4) is 0 Å². The molecule has 1 aliphatic heterocycles. The van der Waals surface area contributed by atoms with Crippen molar-refractivity contribution in [3.8, 4) is 0 Å². The molecule has 2 aromatic heterocycles. The van der Waals surface area contributed by atoms with Gasteiger partial charge in [0.25, 0.3) is 0 Å². The number of aromatic nitrogens is 3. The number of carboxylic acids is 2. The predicted octanol–water partition coefficient (Wildman–Crippen LogP) is 3.53. The first-order valence-electron chi connectivity index (χ1n) is 11.1. The molecule has 1 saturated carbocycles. The molecule has 3 heterocycles. The average molecular weight is 553 g/mol. The maximum absolute atomic E-state index is 10.6. The Morgan fingerprint density at radius 3 is 2.21 bits per heavy atom. The Morgan fingerprint density at radius 1 is 1.05 bits per heavy atom. The molecule has 1 saturated heterocycles. The molecule has 0 radical (unpaired) electrons. The summed E-state index contributed by atoms with van der Waals surface area (Å²) in [5.74, 6) is -2.95. The van der Waals surface area contributed by atoms with Gasteiger partial charge in [-0.05, 0) is 36.5 Å². The van der Waals surface area contributed by atoms with Crippen LogP contribution in [0, 0.1) is 5.92 Å². The van der Waals surface area contributed by atoms with Gasteiger partial charge < -0.3 is 20.3 Å². The third-order valence-corrected chi connectivity index (χ3v) is 5.08. The topological polar surface area (TPSA) is 138 Å². The number of nitrogens with zero attached hydrogens (tertiary/aromatic N) is 4. The first-order chi connectivity index (χ1) is 17.8. The molecule has 3 N–H and O–H groups in total. The van der Waals surface area contributed by atoms with Gasteiger partial charge in [0.1, 0.15) is 11.6 Å². The van der Waals surface area contributed by atoms with Crippen molar-refractivity contribution in [2.45, 2.75) is 37.8 Å². The van der Waals surface area contributed by atoms with Gasteiger partial charge in [0.2, 0.25) is 0 Å². The van der Waals surface area contributed by atoms with Crippen LogP contribution in [-0.2, 0) is 20.9 Å². The normalized spacial score (nSPS) is 17.8. The summed E-state index contributed by atoms with van der Waals surface area (Å²) in [6.07, 6.45) is -1.97. The van der Waals surface area contributed by atoms with Crippen molar-refractivity contribution in [1.29, 1.82) is 0 Å². The Bertz CT molecular complexity index is 1010. The molecule has 2 fully saturated rings. The van der Waals surface area contributed by atoms with E-state index in [0.717, 1.165) is 42.8 Å². The fraction of sp³-hybridized carbons (Fsp3) is 0.500. The summed E-state index contributed by atoms with van der Waals surface area (Å²) >= 11 is 0. The van der Waals surface area contributed by atoms with Crippen molar-refractivity contribution in [3.63, 3.8) is 0 Å². The minimum atomic E-state index is -5.08. The summed E-state index contributed by atoms with van der Waals surface area (Å²) in [5.41, 5.74) is 1.13. The average Bonchev–Trinajstić information content (AvgIpc) is 3.68. The number of carbonyl (C=O) groups is 2. The quantitative estimate of drug-likeness (QED) is 0.456. The van der Waals surface area contributed by atoms with E-state index in [1.807, 2.05) is 24.5 Å². The van der Waals surface area contributed by atoms with Crippen molar-refractivity contribution in [1.82, 2.24) is 19.9 Å². The van der Waals surface area contributed by atoms with Gasteiger partial charge in [-0.1, -0.05) is 6.07 Å². The highest BCUT2D eigenvalue weighted by atomic mass is 19.4. The zero-order valence-electron chi connectivity index (χ0n) is 19.7. The standard InChI is InChI=1S/C18H23N5O.2C2HF3O2/c1-2-15(10-19-6-1)11-21-17-5-7-20-18(22-17)16-13-24-9-8-23(16)12-14-3-4-14;2*3-2(4,5)1(6)7/h1-2,5-7,10,14,16H,3-4,8-9,11-13H2,(H,20,21,22);2*(H,6,7). The number of hydrogen-bond donors (Lipinski definition) is 3. The molecule has 1 aliphatic carbocycles. The Balaban J connectivity index is 0.000000301. The molecule has 0 aromatic carbocycles. The molecule has 4 rings (SSSR count). The zero-order valence-corrected chi connectivity index (χ0v) is 19.7. The Morgan fingerprint density at radius 2 is 1.68 bits per heavy atom. The lowest BCUT2D eigenvalue weighted by atomic mass is 10.2. The second-order valence-electron chi connectivity index (χ2n) is 8.15. The molecule has 38 heavy (non-hydrogen) atoms. The number of ether oxygens (including phenoxy) is 1. The number of morpholine rings is 1. The molecule has 10 nitrogen and oxygen atoms in total. The van der Waals surface area contributed by atoms with Crippen LogP contribution in [0.15, 0.2) is 36.8 Å². The highest BCUT2D eigenvalue weighted by Gasteiger charge is 2.39. The fourth-order valence-electron chi connectivity index (χ4n) is 3.05. The van der Waals surface area contributed by atoms with E-state index in [2.05, 4.69) is 26.3 Å². The largest absolute Gasteiger partial charge is 0.490 e. The summed E-state index contributed by atoms with van der Waals surface area (Å²) < 4.78 is 69.2. The summed E-state index contributed by atoms with van der Waals surface area (Å²) in [5, 5.41) is 17.6. The molecule has 0 bridgehead atoms. The lowest BCUT2D eigenvalue weighted by Crippen LogP contribution is -2.41. The maximum Gasteiger partial charge on any atom is 0.490 e. The SMILES string of the molecule is O=C(O)C(F)(F)F.O=C(O)C(F)(F)F.c1cncc(CNc2ccnc(C3COCCN3CC3CC3)n2)c1. The smallest absolute Gasteiger partial charge is 0.475 e. The number of rotatable bonds is 6. The molecule has 2 aliphatic rings. The zero-order chi connectivity index (χ0) is 28.3. The van der Waals surface area contributed by atoms with Gasteiger partial charge in [0.15, 0.2) is 0 Å². The minimum absolute atomic E-state index is 0.166. The number of carboxylic acid groups (broad SMARTS) is 2. The number of hydrogen-bond acceptors (Lipinski definition) is 8. The first kappa shape index (κ1) is 30.7. The van der Waals surface area contributed by atoms with Crippen LogP contribution < -0.4 is 5.32 Å². The molecule has 0 amide bonds. The van der Waals surface area contributed by atoms with E-state index in [4.69, 9.17) is 29.5 Å². The highest BCUT2D eigenvalue weighted by molar-refractivity contribution is 5.73. The van der Waals surface area contributed by atoms with Crippen LogP contribution in [0.25, 0.3) is 0 Å². The number of anilines is 1. The van der Waals surface area contributed by atoms with Gasteiger partial charge in [-0.2, -0.15) is 26.3 Å². The molecular formula is C22H25F6N5O5. The fourth-order valence-corrected chi connectivity index (χ4v) is 3.05. The van der Waals surface area contributed by atoms with Crippen LogP contribution in [-0.4, -0.2) is 80.7 Å². The molecule has 2 aromatic rings. The second-order valence-corrected chi connectivity index (χ2v) is 8.15. The Hall–Kier alpha value is -3.53. The van der Waals surface area contributed by atoms with Crippen molar-refractivity contribution in [3.05, 3.63) is 48.2 Å². The van der Waals surface area contributed by atoms with E-state index >= 15 is 0 Å². The number of nitrogens with one attached hydrogen (secondary N) is 1. The molecular weight excluding hydrogens is 528 g/mol. The van der Waals surface area contributed by atoms with Gasteiger partial charge in [-0.25, -0.2) is 19.6 Å². The summed E-state index contributed by atoms with van der Waals surface area (Å²) in [4.78, 5) is 33.7. The summed E-state index contributed by atoms with van der Waals surface area (Å²) in [6.45, 7) is 4.31. The molecule has 1 atom stereocenters. The van der Waals surface area contributed by atoms with Crippen LogP contribution in [0.5, 0.6) is 0 Å². The maximum atomic E-state index is 10.6. The Kier molecular flexibility index (Phi) is 11.2. The van der Waals surface area contributed by atoms with Gasteiger partial charge >= 0.3 is 24.3 Å². The van der Waals surface area contributed by atoms with E-state index in [9.17, 15) is 26.3 Å². The minimum Gasteiger partial charge on any atom is -0.475 e. The first-order valence-corrected chi connectivity index (χ1v) is 11.1. The van der Waals surface area contributed by atoms with E-state index in [1.165, 1.54) is 12.8 Å². The highest BCUT2D eigenvalue weighted by Crippen LogP contribution is 2.33. The monoisotopic (exact) mass is 553 g/mol. The van der Waals surface area contributed by atoms with Crippen molar-refractivity contribution < 1.29 is 50.9 Å². The van der Waals surface area contributed by atoms with Crippen LogP contribution >= 0.6 is 0 Å². The van der Waals surface area contributed by atoms with Gasteiger partial charge in [0, 0.05) is 38.2 Å². The molecule has 0 spiro atoms. The summed E-state index contributed by atoms with van der Waals surface area (Å²) in [6, 6.07) is 6.07. The van der Waals surface area contributed by atoms with Gasteiger partial charge in [0.05, 0.1) is 19.3 Å². The summed E-state index contributed by atoms with van der Waals surface area (Å²) in [7, 11) is 0. The van der Waals surface area contributed by atoms with E-state index in [1.54, 1.807) is 6.20 Å². The molecule has 210 valence electrons. The predicted molar refractivity (Wildman–Crippen MR) is 119 cm³/mol. The van der Waals surface area contributed by atoms with Gasteiger partial charge in [-0.15, -0.1) is 0 Å². The van der Waals surface area contributed by atoms with Gasteiger partial charge in [-0.3, -0.25) is 9.88 Å². The van der Waals surface area contributed by atoms with E-state index < -0.39 is 24.3 Å². The van der Waals surface area contributed by atoms with Crippen molar-refractivity contribution in [2.75, 3.05) is 31.6 Å². The number of halogens is 6. The third-order valence-electron chi connectivity index (χ3n) is 5.08.